The average molecular weight is 368 g/mol. The van der Waals surface area contributed by atoms with Crippen LogP contribution in [0.5, 0.6) is 11.5 Å². The van der Waals surface area contributed by atoms with E-state index in [-0.39, 0.29) is 5.91 Å². The monoisotopic (exact) mass is 368 g/mol. The maximum Gasteiger partial charge on any atom is 0.269 e. The number of hydrazine groups is 1. The van der Waals surface area contributed by atoms with Crippen molar-refractivity contribution in [2.75, 3.05) is 13.7 Å². The number of amides is 2. The lowest BCUT2D eigenvalue weighted by molar-refractivity contribution is -0.117. The summed E-state index contributed by atoms with van der Waals surface area (Å²) in [6.07, 6.45) is 2.96. The minimum absolute atomic E-state index is 0.364. The van der Waals surface area contributed by atoms with Crippen molar-refractivity contribution >= 4 is 17.9 Å². The van der Waals surface area contributed by atoms with Crippen LogP contribution in [0.1, 0.15) is 34.0 Å². The third-order valence-corrected chi connectivity index (χ3v) is 3.84. The molecule has 0 aliphatic carbocycles. The molecule has 0 saturated heterocycles. The topological polar surface area (TPSA) is 76.7 Å². The zero-order valence-corrected chi connectivity index (χ0v) is 16.0. The van der Waals surface area contributed by atoms with Gasteiger partial charge in [0.05, 0.1) is 13.7 Å². The van der Waals surface area contributed by atoms with Gasteiger partial charge in [-0.25, -0.2) is 0 Å². The molecule has 0 aromatic heterocycles. The highest BCUT2D eigenvalue weighted by Crippen LogP contribution is 2.28. The van der Waals surface area contributed by atoms with Gasteiger partial charge in [0.1, 0.15) is 0 Å². The van der Waals surface area contributed by atoms with Crippen molar-refractivity contribution < 1.29 is 19.1 Å². The highest BCUT2D eigenvalue weighted by molar-refractivity contribution is 5.98. The lowest BCUT2D eigenvalue weighted by atomic mass is 10.1. The molecule has 0 bridgehead atoms. The second-order valence-corrected chi connectivity index (χ2v) is 5.94. The molecule has 2 aromatic rings. The molecule has 27 heavy (non-hydrogen) atoms. The maximum atomic E-state index is 12.2. The number of carbonyl (C=O) groups excluding carboxylic acids is 2. The summed E-state index contributed by atoms with van der Waals surface area (Å²) in [6, 6.07) is 10.8. The van der Waals surface area contributed by atoms with Crippen molar-refractivity contribution in [1.29, 1.82) is 0 Å². The van der Waals surface area contributed by atoms with E-state index in [0.29, 0.717) is 23.7 Å². The largest absolute Gasteiger partial charge is 0.493 e. The van der Waals surface area contributed by atoms with Crippen LogP contribution >= 0.6 is 0 Å². The molecule has 0 atom stereocenters. The summed E-state index contributed by atoms with van der Waals surface area (Å²) < 4.78 is 10.7. The summed E-state index contributed by atoms with van der Waals surface area (Å²) in [6.45, 7) is 6.20. The van der Waals surface area contributed by atoms with Crippen LogP contribution in [0.15, 0.2) is 42.5 Å². The van der Waals surface area contributed by atoms with E-state index in [9.17, 15) is 9.59 Å². The van der Waals surface area contributed by atoms with E-state index in [1.54, 1.807) is 37.5 Å². The van der Waals surface area contributed by atoms with Crippen LogP contribution in [0.3, 0.4) is 0 Å². The molecule has 0 aliphatic heterocycles. The predicted octanol–water partition coefficient (Wildman–Crippen LogP) is 3.19. The Bertz CT molecular complexity index is 859. The van der Waals surface area contributed by atoms with Gasteiger partial charge < -0.3 is 9.47 Å². The number of methoxy groups -OCH3 is 1. The third kappa shape index (κ3) is 5.60. The number of carbonyl (C=O) groups is 2. The van der Waals surface area contributed by atoms with Gasteiger partial charge in [-0.05, 0) is 56.2 Å². The lowest BCUT2D eigenvalue weighted by Gasteiger charge is -2.10. The molecule has 0 radical (unpaired) electrons. The number of rotatable bonds is 6. The predicted molar refractivity (Wildman–Crippen MR) is 105 cm³/mol. The smallest absolute Gasteiger partial charge is 0.269 e. The Morgan fingerprint density at radius 1 is 1.04 bits per heavy atom. The summed E-state index contributed by atoms with van der Waals surface area (Å²) in [4.78, 5) is 24.1. The molecule has 0 heterocycles. The molecule has 0 unspecified atom stereocenters. The quantitative estimate of drug-likeness (QED) is 0.606. The first kappa shape index (κ1) is 20.0. The zero-order valence-electron chi connectivity index (χ0n) is 16.0. The van der Waals surface area contributed by atoms with E-state index in [2.05, 4.69) is 10.9 Å². The first-order chi connectivity index (χ1) is 12.9. The summed E-state index contributed by atoms with van der Waals surface area (Å²) in [5, 5.41) is 0. The molecule has 6 nitrogen and oxygen atoms in total. The van der Waals surface area contributed by atoms with Crippen molar-refractivity contribution in [3.63, 3.8) is 0 Å². The van der Waals surface area contributed by atoms with Crippen molar-refractivity contribution in [2.24, 2.45) is 0 Å². The highest BCUT2D eigenvalue weighted by Gasteiger charge is 2.09. The van der Waals surface area contributed by atoms with Gasteiger partial charge in [-0.15, -0.1) is 0 Å². The minimum atomic E-state index is -0.443. The number of benzene rings is 2. The Hall–Kier alpha value is -3.28. The van der Waals surface area contributed by atoms with Crippen molar-refractivity contribution in [1.82, 2.24) is 10.9 Å². The highest BCUT2D eigenvalue weighted by atomic mass is 16.5. The Labute approximate surface area is 159 Å². The molecule has 0 saturated carbocycles. The van der Waals surface area contributed by atoms with Crippen LogP contribution in [0.4, 0.5) is 0 Å². The Kier molecular flexibility index (Phi) is 7.00. The molecular formula is C21H24N2O4. The SMILES string of the molecule is CCOc1cc(/C=C/C(=O)NNC(=O)c2ccc(C)cc2C)ccc1OC. The Balaban J connectivity index is 1.97. The van der Waals surface area contributed by atoms with Gasteiger partial charge in [0.2, 0.25) is 0 Å². The average Bonchev–Trinajstić information content (AvgIpc) is 2.65. The summed E-state index contributed by atoms with van der Waals surface area (Å²) in [5.41, 5.74) is 7.99. The van der Waals surface area contributed by atoms with Crippen LogP contribution in [0, 0.1) is 13.8 Å². The van der Waals surface area contributed by atoms with E-state index in [0.717, 1.165) is 16.7 Å². The van der Waals surface area contributed by atoms with E-state index >= 15 is 0 Å². The van der Waals surface area contributed by atoms with Gasteiger partial charge in [-0.2, -0.15) is 0 Å². The van der Waals surface area contributed by atoms with Crippen LogP contribution < -0.4 is 20.3 Å². The zero-order chi connectivity index (χ0) is 19.8. The first-order valence-corrected chi connectivity index (χ1v) is 8.61. The molecule has 6 heteroatoms. The van der Waals surface area contributed by atoms with E-state index < -0.39 is 5.91 Å². The van der Waals surface area contributed by atoms with Crippen LogP contribution in [0.25, 0.3) is 6.08 Å². The second kappa shape index (κ2) is 9.43. The minimum Gasteiger partial charge on any atom is -0.493 e. The van der Waals surface area contributed by atoms with Gasteiger partial charge in [0.25, 0.3) is 11.8 Å². The fourth-order valence-corrected chi connectivity index (χ4v) is 2.53. The second-order valence-electron chi connectivity index (χ2n) is 5.94. The molecule has 2 rings (SSSR count). The fraction of sp³-hybridized carbons (Fsp3) is 0.238. The van der Waals surface area contributed by atoms with Gasteiger partial charge in [-0.3, -0.25) is 20.4 Å². The number of aryl methyl sites for hydroxylation is 2. The normalized spacial score (nSPS) is 10.5. The van der Waals surface area contributed by atoms with Crippen molar-refractivity contribution in [2.45, 2.75) is 20.8 Å². The van der Waals surface area contributed by atoms with Crippen LogP contribution in [0.2, 0.25) is 0 Å². The summed E-state index contributed by atoms with van der Waals surface area (Å²) in [7, 11) is 1.57. The third-order valence-electron chi connectivity index (χ3n) is 3.84. The Morgan fingerprint density at radius 2 is 1.81 bits per heavy atom. The number of hydrogen-bond donors (Lipinski definition) is 2. The van der Waals surface area contributed by atoms with Gasteiger partial charge >= 0.3 is 0 Å². The van der Waals surface area contributed by atoms with Crippen LogP contribution in [-0.2, 0) is 4.79 Å². The fourth-order valence-electron chi connectivity index (χ4n) is 2.53. The van der Waals surface area contributed by atoms with Crippen molar-refractivity contribution in [3.8, 4) is 11.5 Å². The van der Waals surface area contributed by atoms with E-state index in [1.807, 2.05) is 32.9 Å². The van der Waals surface area contributed by atoms with Crippen LogP contribution in [-0.4, -0.2) is 25.5 Å². The number of hydrogen-bond acceptors (Lipinski definition) is 4. The molecule has 2 N–H and O–H groups in total. The molecule has 2 aromatic carbocycles. The number of ether oxygens (including phenoxy) is 2. The molecular weight excluding hydrogens is 344 g/mol. The molecule has 142 valence electrons. The van der Waals surface area contributed by atoms with Gasteiger partial charge in [-0.1, -0.05) is 23.8 Å². The first-order valence-electron chi connectivity index (χ1n) is 8.61. The van der Waals surface area contributed by atoms with Crippen molar-refractivity contribution in [3.05, 3.63) is 64.7 Å². The number of nitrogens with one attached hydrogen (secondary N) is 2. The van der Waals surface area contributed by atoms with Gasteiger partial charge in [0, 0.05) is 11.6 Å². The summed E-state index contributed by atoms with van der Waals surface area (Å²) >= 11 is 0. The molecule has 2 amide bonds. The lowest BCUT2D eigenvalue weighted by Crippen LogP contribution is -2.41. The Morgan fingerprint density at radius 3 is 2.48 bits per heavy atom. The molecule has 0 aliphatic rings. The van der Waals surface area contributed by atoms with E-state index in [1.165, 1.54) is 6.08 Å². The molecule has 0 fully saturated rings. The molecule has 0 spiro atoms. The maximum absolute atomic E-state index is 12.2. The van der Waals surface area contributed by atoms with E-state index in [4.69, 9.17) is 9.47 Å². The van der Waals surface area contributed by atoms with Gasteiger partial charge in [0.15, 0.2) is 11.5 Å². The standard InChI is InChI=1S/C21H24N2O4/c1-5-27-19-13-16(7-10-18(19)26-4)8-11-20(24)22-23-21(25)17-9-6-14(2)12-15(17)3/h6-13H,5H2,1-4H3,(H,22,24)(H,23,25)/b11-8+. The summed E-state index contributed by atoms with van der Waals surface area (Å²) in [5.74, 6) is 0.420.